The van der Waals surface area contributed by atoms with E-state index in [0.717, 1.165) is 17.2 Å². The van der Waals surface area contributed by atoms with Gasteiger partial charge in [-0.15, -0.1) is 0 Å². The van der Waals surface area contributed by atoms with E-state index in [1.54, 1.807) is 18.2 Å². The van der Waals surface area contributed by atoms with Crippen LogP contribution in [-0.4, -0.2) is 26.4 Å². The Morgan fingerprint density at radius 3 is 3.06 bits per heavy atom. The molecule has 0 radical (unpaired) electrons. The molecule has 18 heavy (non-hydrogen) atoms. The van der Waals surface area contributed by atoms with Gasteiger partial charge in [-0.3, -0.25) is 0 Å². The van der Waals surface area contributed by atoms with Crippen molar-refractivity contribution in [1.82, 2.24) is 8.75 Å². The summed E-state index contributed by atoms with van der Waals surface area (Å²) in [5.41, 5.74) is 2.43. The summed E-state index contributed by atoms with van der Waals surface area (Å²) in [4.78, 5) is 10.6. The smallest absolute Gasteiger partial charge is 0.331 e. The summed E-state index contributed by atoms with van der Waals surface area (Å²) in [6, 6.07) is 3.53. The number of anilines is 1. The van der Waals surface area contributed by atoms with Crippen LogP contribution in [0.2, 0.25) is 5.02 Å². The highest BCUT2D eigenvalue weighted by atomic mass is 35.5. The summed E-state index contributed by atoms with van der Waals surface area (Å²) >= 11 is 7.19. The van der Waals surface area contributed by atoms with E-state index >= 15 is 0 Å². The molecule has 0 unspecified atom stereocenters. The van der Waals surface area contributed by atoms with Crippen LogP contribution >= 0.6 is 23.3 Å². The minimum absolute atomic E-state index is 0.280. The Labute approximate surface area is 112 Å². The summed E-state index contributed by atoms with van der Waals surface area (Å²) in [5.74, 6) is -0.934. The first-order chi connectivity index (χ1) is 8.59. The number of hydrogen-bond donors (Lipinski definition) is 2. The first kappa shape index (κ1) is 12.8. The van der Waals surface area contributed by atoms with Crippen molar-refractivity contribution < 1.29 is 9.90 Å². The first-order valence-electron chi connectivity index (χ1n) is 5.14. The number of halogens is 1. The van der Waals surface area contributed by atoms with Crippen molar-refractivity contribution in [2.45, 2.75) is 6.92 Å². The van der Waals surface area contributed by atoms with Crippen molar-refractivity contribution in [3.63, 3.8) is 0 Å². The van der Waals surface area contributed by atoms with Gasteiger partial charge in [0, 0.05) is 12.1 Å². The monoisotopic (exact) mass is 283 g/mol. The van der Waals surface area contributed by atoms with E-state index in [0.29, 0.717) is 22.8 Å². The Kier molecular flexibility index (Phi) is 3.78. The van der Waals surface area contributed by atoms with Crippen molar-refractivity contribution >= 4 is 46.0 Å². The lowest BCUT2D eigenvalue weighted by Gasteiger charge is -2.06. The van der Waals surface area contributed by atoms with E-state index in [9.17, 15) is 4.79 Å². The molecule has 1 aromatic carbocycles. The molecule has 2 N–H and O–H groups in total. The van der Waals surface area contributed by atoms with Gasteiger partial charge in [0.2, 0.25) is 0 Å². The predicted octanol–water partition coefficient (Wildman–Crippen LogP) is 2.79. The van der Waals surface area contributed by atoms with Crippen LogP contribution in [0.4, 0.5) is 5.69 Å². The molecule has 7 heteroatoms. The molecule has 0 fully saturated rings. The van der Waals surface area contributed by atoms with Crippen molar-refractivity contribution in [1.29, 1.82) is 0 Å². The second kappa shape index (κ2) is 5.32. The summed E-state index contributed by atoms with van der Waals surface area (Å²) in [6.07, 6.45) is 1.58. The van der Waals surface area contributed by atoms with Crippen LogP contribution < -0.4 is 5.32 Å². The molecular weight excluding hydrogens is 274 g/mol. The normalized spacial score (nSPS) is 11.8. The Morgan fingerprint density at radius 2 is 2.33 bits per heavy atom. The van der Waals surface area contributed by atoms with Crippen LogP contribution in [0.1, 0.15) is 6.92 Å². The maximum atomic E-state index is 10.6. The Morgan fingerprint density at radius 1 is 1.56 bits per heavy atom. The minimum atomic E-state index is -0.934. The molecule has 5 nitrogen and oxygen atoms in total. The van der Waals surface area contributed by atoms with Crippen LogP contribution in [0.25, 0.3) is 11.0 Å². The number of rotatable bonds is 4. The SMILES string of the molecule is C/C(=C/CNc1c(Cl)ccc2nsnc12)C(=O)O. The summed E-state index contributed by atoms with van der Waals surface area (Å²) in [7, 11) is 0. The zero-order valence-electron chi connectivity index (χ0n) is 9.48. The van der Waals surface area contributed by atoms with Gasteiger partial charge >= 0.3 is 5.97 Å². The number of hydrogen-bond acceptors (Lipinski definition) is 5. The number of aromatic nitrogens is 2. The Balaban J connectivity index is 2.21. The molecule has 0 aliphatic rings. The molecule has 0 saturated carbocycles. The van der Waals surface area contributed by atoms with Crippen LogP contribution in [0.5, 0.6) is 0 Å². The van der Waals surface area contributed by atoms with Gasteiger partial charge in [0.05, 0.1) is 22.4 Å². The fourth-order valence-corrected chi connectivity index (χ4v) is 2.15. The predicted molar refractivity (Wildman–Crippen MR) is 72.3 cm³/mol. The van der Waals surface area contributed by atoms with E-state index in [1.165, 1.54) is 6.92 Å². The highest BCUT2D eigenvalue weighted by Gasteiger charge is 2.09. The maximum absolute atomic E-state index is 10.6. The van der Waals surface area contributed by atoms with Crippen molar-refractivity contribution in [2.75, 3.05) is 11.9 Å². The topological polar surface area (TPSA) is 75.1 Å². The van der Waals surface area contributed by atoms with Crippen molar-refractivity contribution in [2.24, 2.45) is 0 Å². The summed E-state index contributed by atoms with van der Waals surface area (Å²) in [6.45, 7) is 1.91. The molecule has 0 aliphatic carbocycles. The standard InChI is InChI=1S/C11H10ClN3O2S/c1-6(11(16)17)4-5-13-9-7(12)2-3-8-10(9)15-18-14-8/h2-4,13H,5H2,1H3,(H,16,17)/b6-4-. The van der Waals surface area contributed by atoms with E-state index in [2.05, 4.69) is 14.1 Å². The average Bonchev–Trinajstić information content (AvgIpc) is 2.79. The van der Waals surface area contributed by atoms with Crippen LogP contribution in [0, 0.1) is 0 Å². The van der Waals surface area contributed by atoms with Gasteiger partial charge in [-0.2, -0.15) is 8.75 Å². The zero-order chi connectivity index (χ0) is 13.1. The van der Waals surface area contributed by atoms with Crippen LogP contribution in [-0.2, 0) is 4.79 Å². The molecule has 0 amide bonds. The third kappa shape index (κ3) is 2.60. The zero-order valence-corrected chi connectivity index (χ0v) is 11.0. The molecule has 0 spiro atoms. The number of carbonyl (C=O) groups is 1. The third-order valence-corrected chi connectivity index (χ3v) is 3.26. The van der Waals surface area contributed by atoms with Gasteiger partial charge in [0.15, 0.2) is 0 Å². The number of aliphatic carboxylic acids is 1. The fraction of sp³-hybridized carbons (Fsp3) is 0.182. The number of fused-ring (bicyclic) bond motifs is 1. The van der Waals surface area contributed by atoms with Gasteiger partial charge in [-0.1, -0.05) is 17.7 Å². The largest absolute Gasteiger partial charge is 0.478 e. The van der Waals surface area contributed by atoms with E-state index in [4.69, 9.17) is 16.7 Å². The second-order valence-electron chi connectivity index (χ2n) is 3.63. The molecule has 2 rings (SSSR count). The molecule has 1 heterocycles. The fourth-order valence-electron chi connectivity index (χ4n) is 1.39. The molecule has 1 aromatic heterocycles. The molecule has 0 aliphatic heterocycles. The molecule has 0 atom stereocenters. The van der Waals surface area contributed by atoms with E-state index < -0.39 is 5.97 Å². The molecule has 0 bridgehead atoms. The van der Waals surface area contributed by atoms with Gasteiger partial charge in [0.1, 0.15) is 11.0 Å². The minimum Gasteiger partial charge on any atom is -0.478 e. The van der Waals surface area contributed by atoms with E-state index in [-0.39, 0.29) is 5.57 Å². The molecular formula is C11H10ClN3O2S. The maximum Gasteiger partial charge on any atom is 0.331 e. The van der Waals surface area contributed by atoms with Gasteiger partial charge in [-0.25, -0.2) is 4.79 Å². The number of benzene rings is 1. The highest BCUT2D eigenvalue weighted by Crippen LogP contribution is 2.29. The average molecular weight is 284 g/mol. The lowest BCUT2D eigenvalue weighted by Crippen LogP contribution is -2.04. The molecule has 0 saturated heterocycles. The Hall–Kier alpha value is -1.66. The highest BCUT2D eigenvalue weighted by molar-refractivity contribution is 7.00. The van der Waals surface area contributed by atoms with Gasteiger partial charge in [0.25, 0.3) is 0 Å². The van der Waals surface area contributed by atoms with Crippen molar-refractivity contribution in [3.8, 4) is 0 Å². The number of nitrogens with one attached hydrogen (secondary N) is 1. The number of nitrogens with zero attached hydrogens (tertiary/aromatic N) is 2. The summed E-state index contributed by atoms with van der Waals surface area (Å²) < 4.78 is 8.27. The Bertz CT molecular complexity index is 624. The summed E-state index contributed by atoms with van der Waals surface area (Å²) in [5, 5.41) is 12.3. The molecule has 2 aromatic rings. The van der Waals surface area contributed by atoms with Crippen molar-refractivity contribution in [3.05, 3.63) is 28.8 Å². The lowest BCUT2D eigenvalue weighted by molar-refractivity contribution is -0.132. The first-order valence-corrected chi connectivity index (χ1v) is 6.25. The van der Waals surface area contributed by atoms with Gasteiger partial charge < -0.3 is 10.4 Å². The molecule has 94 valence electrons. The number of carboxylic acid groups (broad SMARTS) is 1. The third-order valence-electron chi connectivity index (χ3n) is 2.40. The van der Waals surface area contributed by atoms with E-state index in [1.807, 2.05) is 0 Å². The number of carboxylic acids is 1. The second-order valence-corrected chi connectivity index (χ2v) is 4.56. The van der Waals surface area contributed by atoms with Gasteiger partial charge in [-0.05, 0) is 19.1 Å². The lowest BCUT2D eigenvalue weighted by atomic mass is 10.2. The van der Waals surface area contributed by atoms with Crippen LogP contribution in [0.3, 0.4) is 0 Å². The quantitative estimate of drug-likeness (QED) is 0.844. The van der Waals surface area contributed by atoms with Crippen LogP contribution in [0.15, 0.2) is 23.8 Å².